The van der Waals surface area contributed by atoms with E-state index in [0.717, 1.165) is 25.3 Å². The number of aliphatic hydroxyl groups is 1. The molecule has 1 saturated heterocycles. The van der Waals surface area contributed by atoms with Gasteiger partial charge in [-0.2, -0.15) is 13.2 Å². The molecule has 0 radical (unpaired) electrons. The van der Waals surface area contributed by atoms with Gasteiger partial charge in [0, 0.05) is 12.1 Å². The minimum Gasteiger partial charge on any atom is -0.396 e. The van der Waals surface area contributed by atoms with Crippen LogP contribution in [0.4, 0.5) is 13.2 Å². The lowest BCUT2D eigenvalue weighted by atomic mass is 9.70. The Kier molecular flexibility index (Phi) is 3.95. The van der Waals surface area contributed by atoms with Crippen molar-refractivity contribution < 1.29 is 23.0 Å². The van der Waals surface area contributed by atoms with E-state index in [2.05, 4.69) is 5.32 Å². The third-order valence-corrected chi connectivity index (χ3v) is 4.90. The van der Waals surface area contributed by atoms with Crippen molar-refractivity contribution in [1.29, 1.82) is 0 Å². The van der Waals surface area contributed by atoms with E-state index in [-0.39, 0.29) is 12.0 Å². The van der Waals surface area contributed by atoms with Crippen LogP contribution < -0.4 is 5.32 Å². The molecule has 0 amide bonds. The van der Waals surface area contributed by atoms with E-state index in [9.17, 15) is 18.3 Å². The Labute approximate surface area is 127 Å². The second-order valence-corrected chi connectivity index (χ2v) is 6.52. The van der Waals surface area contributed by atoms with Crippen LogP contribution in [0.5, 0.6) is 0 Å². The van der Waals surface area contributed by atoms with E-state index >= 15 is 0 Å². The van der Waals surface area contributed by atoms with Crippen LogP contribution in [-0.2, 0) is 16.5 Å². The van der Waals surface area contributed by atoms with E-state index in [4.69, 9.17) is 4.74 Å². The quantitative estimate of drug-likeness (QED) is 0.878. The molecule has 0 aromatic heterocycles. The van der Waals surface area contributed by atoms with Crippen molar-refractivity contribution in [2.24, 2.45) is 5.41 Å². The van der Waals surface area contributed by atoms with E-state index in [1.54, 1.807) is 6.07 Å². The maximum absolute atomic E-state index is 12.9. The van der Waals surface area contributed by atoms with Gasteiger partial charge in [-0.25, -0.2) is 0 Å². The van der Waals surface area contributed by atoms with Crippen molar-refractivity contribution in [2.45, 2.75) is 31.0 Å². The molecule has 2 aliphatic rings. The highest BCUT2D eigenvalue weighted by molar-refractivity contribution is 5.33. The zero-order valence-electron chi connectivity index (χ0n) is 12.2. The lowest BCUT2D eigenvalue weighted by Crippen LogP contribution is -2.58. The molecule has 1 heterocycles. The molecular formula is C16H20F3NO2. The van der Waals surface area contributed by atoms with E-state index in [1.165, 1.54) is 12.1 Å². The standard InChI is InChI=1S/C16H20F3NO2/c17-16(18,19)13-4-1-3-12(7-13)15(5-2-6-15)20-8-14(9-21)10-22-11-14/h1,3-4,7,20-21H,2,5-6,8-11H2. The van der Waals surface area contributed by atoms with Gasteiger partial charge in [0.05, 0.1) is 30.8 Å². The summed E-state index contributed by atoms with van der Waals surface area (Å²) in [6.45, 7) is 1.57. The summed E-state index contributed by atoms with van der Waals surface area (Å²) in [5, 5.41) is 12.9. The topological polar surface area (TPSA) is 41.5 Å². The number of hydrogen-bond acceptors (Lipinski definition) is 3. The first-order valence-corrected chi connectivity index (χ1v) is 7.51. The average molecular weight is 315 g/mol. The molecule has 3 nitrogen and oxygen atoms in total. The number of benzene rings is 1. The molecule has 1 aromatic carbocycles. The van der Waals surface area contributed by atoms with Gasteiger partial charge in [-0.1, -0.05) is 12.1 Å². The summed E-state index contributed by atoms with van der Waals surface area (Å²) in [6, 6.07) is 5.57. The molecule has 2 N–H and O–H groups in total. The molecule has 1 aromatic rings. The molecular weight excluding hydrogens is 295 g/mol. The molecule has 1 saturated carbocycles. The van der Waals surface area contributed by atoms with Gasteiger partial charge in [-0.15, -0.1) is 0 Å². The summed E-state index contributed by atoms with van der Waals surface area (Å²) in [4.78, 5) is 0. The van der Waals surface area contributed by atoms with Crippen LogP contribution >= 0.6 is 0 Å². The van der Waals surface area contributed by atoms with Crippen molar-refractivity contribution in [1.82, 2.24) is 5.32 Å². The second kappa shape index (κ2) is 5.51. The number of aliphatic hydroxyl groups excluding tert-OH is 1. The number of rotatable bonds is 5. The second-order valence-electron chi connectivity index (χ2n) is 6.52. The number of ether oxygens (including phenoxy) is 1. The fourth-order valence-corrected chi connectivity index (χ4v) is 3.09. The minimum absolute atomic E-state index is 0.0265. The Morgan fingerprint density at radius 3 is 2.41 bits per heavy atom. The van der Waals surface area contributed by atoms with Crippen molar-refractivity contribution in [2.75, 3.05) is 26.4 Å². The highest BCUT2D eigenvalue weighted by Crippen LogP contribution is 2.43. The SMILES string of the molecule is OCC1(CNC2(c3cccc(C(F)(F)F)c3)CCC2)COC1. The largest absolute Gasteiger partial charge is 0.416 e. The van der Waals surface area contributed by atoms with E-state index < -0.39 is 17.3 Å². The Balaban J connectivity index is 1.78. The number of hydrogen-bond donors (Lipinski definition) is 2. The van der Waals surface area contributed by atoms with Gasteiger partial charge in [0.25, 0.3) is 0 Å². The summed E-state index contributed by atoms with van der Waals surface area (Å²) in [6.07, 6.45) is -1.70. The predicted molar refractivity (Wildman–Crippen MR) is 75.3 cm³/mol. The van der Waals surface area contributed by atoms with Gasteiger partial charge >= 0.3 is 6.18 Å². The molecule has 22 heavy (non-hydrogen) atoms. The minimum atomic E-state index is -4.32. The molecule has 122 valence electrons. The summed E-state index contributed by atoms with van der Waals surface area (Å²) < 4.78 is 43.9. The predicted octanol–water partition coefficient (Wildman–Crippen LogP) is 2.68. The zero-order chi connectivity index (χ0) is 15.8. The fourth-order valence-electron chi connectivity index (χ4n) is 3.09. The van der Waals surface area contributed by atoms with E-state index in [1.807, 2.05) is 0 Å². The Bertz CT molecular complexity index is 531. The maximum atomic E-state index is 12.9. The van der Waals surface area contributed by atoms with Gasteiger partial charge < -0.3 is 15.2 Å². The lowest BCUT2D eigenvalue weighted by Gasteiger charge is -2.48. The molecule has 0 unspecified atom stereocenters. The van der Waals surface area contributed by atoms with Crippen LogP contribution in [0.2, 0.25) is 0 Å². The Morgan fingerprint density at radius 1 is 1.23 bits per heavy atom. The van der Waals surface area contributed by atoms with Crippen molar-refractivity contribution in [3.05, 3.63) is 35.4 Å². The molecule has 3 rings (SSSR count). The van der Waals surface area contributed by atoms with Gasteiger partial charge in [-0.05, 0) is 37.0 Å². The van der Waals surface area contributed by atoms with Crippen LogP contribution in [0, 0.1) is 5.41 Å². The Morgan fingerprint density at radius 2 is 1.95 bits per heavy atom. The fraction of sp³-hybridized carbons (Fsp3) is 0.625. The molecule has 2 fully saturated rings. The zero-order valence-corrected chi connectivity index (χ0v) is 12.2. The molecule has 0 bridgehead atoms. The van der Waals surface area contributed by atoms with Crippen molar-refractivity contribution >= 4 is 0 Å². The molecule has 0 spiro atoms. The monoisotopic (exact) mass is 315 g/mol. The number of alkyl halides is 3. The number of nitrogens with one attached hydrogen (secondary N) is 1. The van der Waals surface area contributed by atoms with Crippen LogP contribution in [0.15, 0.2) is 24.3 Å². The van der Waals surface area contributed by atoms with Crippen LogP contribution in [0.1, 0.15) is 30.4 Å². The van der Waals surface area contributed by atoms with E-state index in [0.29, 0.717) is 25.3 Å². The van der Waals surface area contributed by atoms with Crippen LogP contribution in [0.25, 0.3) is 0 Å². The summed E-state index contributed by atoms with van der Waals surface area (Å²) >= 11 is 0. The maximum Gasteiger partial charge on any atom is 0.416 e. The number of halogens is 3. The Hall–Kier alpha value is -1.11. The van der Waals surface area contributed by atoms with Crippen LogP contribution in [0.3, 0.4) is 0 Å². The highest BCUT2D eigenvalue weighted by Gasteiger charge is 2.44. The first kappa shape index (κ1) is 15.8. The average Bonchev–Trinajstić information content (AvgIpc) is 2.39. The summed E-state index contributed by atoms with van der Waals surface area (Å²) in [5.41, 5.74) is -0.618. The normalized spacial score (nSPS) is 22.7. The molecule has 1 aliphatic heterocycles. The van der Waals surface area contributed by atoms with Crippen molar-refractivity contribution in [3.63, 3.8) is 0 Å². The van der Waals surface area contributed by atoms with Gasteiger partial charge in [0.2, 0.25) is 0 Å². The third-order valence-electron chi connectivity index (χ3n) is 4.90. The first-order valence-electron chi connectivity index (χ1n) is 7.51. The summed E-state index contributed by atoms with van der Waals surface area (Å²) in [5.74, 6) is 0. The van der Waals surface area contributed by atoms with Gasteiger partial charge in [-0.3, -0.25) is 0 Å². The smallest absolute Gasteiger partial charge is 0.396 e. The first-order chi connectivity index (χ1) is 10.4. The van der Waals surface area contributed by atoms with Gasteiger partial charge in [0.1, 0.15) is 0 Å². The van der Waals surface area contributed by atoms with Crippen molar-refractivity contribution in [3.8, 4) is 0 Å². The highest BCUT2D eigenvalue weighted by atomic mass is 19.4. The van der Waals surface area contributed by atoms with Crippen LogP contribution in [-0.4, -0.2) is 31.5 Å². The molecule has 1 aliphatic carbocycles. The van der Waals surface area contributed by atoms with Gasteiger partial charge in [0.15, 0.2) is 0 Å². The molecule has 6 heteroatoms. The summed E-state index contributed by atoms with van der Waals surface area (Å²) in [7, 11) is 0. The molecule has 0 atom stereocenters. The third kappa shape index (κ3) is 2.75. The lowest BCUT2D eigenvalue weighted by molar-refractivity contribution is -0.139.